The second-order valence-electron chi connectivity index (χ2n) is 6.76. The molecule has 0 amide bonds. The van der Waals surface area contributed by atoms with Gasteiger partial charge in [-0.25, -0.2) is 0 Å². The third-order valence-electron chi connectivity index (χ3n) is 4.34. The number of hydrogen-bond donors (Lipinski definition) is 0. The molecule has 0 bridgehead atoms. The number of halogens is 1. The highest BCUT2D eigenvalue weighted by Crippen LogP contribution is 2.31. The lowest BCUT2D eigenvalue weighted by atomic mass is 10.3. The number of esters is 2. The Morgan fingerprint density at radius 3 is 1.87 bits per heavy atom. The van der Waals surface area contributed by atoms with Crippen molar-refractivity contribution in [1.82, 2.24) is 0 Å². The largest absolute Gasteiger partial charge is 0.465 e. The SMILES string of the molecule is CC(Br)C(=O)OCCCC(=O)Oc1ccc([S+](c2ccccc2)c2ccccc2)cc1. The molecule has 1 atom stereocenters. The highest BCUT2D eigenvalue weighted by Gasteiger charge is 2.28. The van der Waals surface area contributed by atoms with Gasteiger partial charge >= 0.3 is 11.9 Å². The lowest BCUT2D eigenvalue weighted by Gasteiger charge is -2.09. The van der Waals surface area contributed by atoms with Crippen LogP contribution in [0.2, 0.25) is 0 Å². The summed E-state index contributed by atoms with van der Waals surface area (Å²) in [6.07, 6.45) is 0.609. The van der Waals surface area contributed by atoms with Crippen molar-refractivity contribution in [2.45, 2.75) is 39.3 Å². The average molecular weight is 500 g/mol. The van der Waals surface area contributed by atoms with Crippen LogP contribution in [0.3, 0.4) is 0 Å². The second-order valence-corrected chi connectivity index (χ2v) is 10.2. The summed E-state index contributed by atoms with van der Waals surface area (Å²) in [7, 11) is -0.243. The first-order valence-corrected chi connectivity index (χ1v) is 12.1. The Bertz CT molecular complexity index is 936. The van der Waals surface area contributed by atoms with E-state index in [4.69, 9.17) is 9.47 Å². The molecule has 0 fully saturated rings. The minimum atomic E-state index is -0.353. The summed E-state index contributed by atoms with van der Waals surface area (Å²) in [5, 5.41) is 0. The van der Waals surface area contributed by atoms with E-state index in [2.05, 4.69) is 40.2 Å². The molecule has 0 radical (unpaired) electrons. The Hall–Kier alpha value is -2.57. The van der Waals surface area contributed by atoms with Crippen LogP contribution < -0.4 is 4.74 Å². The second kappa shape index (κ2) is 11.7. The molecule has 6 heteroatoms. The van der Waals surface area contributed by atoms with Gasteiger partial charge in [0, 0.05) is 6.42 Å². The van der Waals surface area contributed by atoms with Crippen molar-refractivity contribution in [3.05, 3.63) is 84.9 Å². The third-order valence-corrected chi connectivity index (χ3v) is 6.95. The van der Waals surface area contributed by atoms with E-state index < -0.39 is 0 Å². The van der Waals surface area contributed by atoms with Crippen molar-refractivity contribution in [1.29, 1.82) is 0 Å². The van der Waals surface area contributed by atoms with Crippen LogP contribution in [0.4, 0.5) is 0 Å². The molecule has 0 N–H and O–H groups in total. The molecular formula is C25H24BrO4S+. The highest BCUT2D eigenvalue weighted by molar-refractivity contribution is 9.10. The first-order chi connectivity index (χ1) is 15.0. The minimum Gasteiger partial charge on any atom is -0.465 e. The quantitative estimate of drug-likeness (QED) is 0.123. The van der Waals surface area contributed by atoms with Gasteiger partial charge in [-0.2, -0.15) is 0 Å². The van der Waals surface area contributed by atoms with Crippen LogP contribution in [0, 0.1) is 0 Å². The molecule has 0 saturated heterocycles. The van der Waals surface area contributed by atoms with Gasteiger partial charge in [-0.15, -0.1) is 0 Å². The summed E-state index contributed by atoms with van der Waals surface area (Å²) in [6.45, 7) is 1.89. The molecule has 0 heterocycles. The van der Waals surface area contributed by atoms with Gasteiger partial charge in [0.05, 0.1) is 17.5 Å². The van der Waals surface area contributed by atoms with E-state index >= 15 is 0 Å². The molecule has 0 saturated carbocycles. The van der Waals surface area contributed by atoms with Crippen molar-refractivity contribution < 1.29 is 19.1 Å². The van der Waals surface area contributed by atoms with Gasteiger partial charge in [0.2, 0.25) is 0 Å². The zero-order valence-electron chi connectivity index (χ0n) is 17.2. The zero-order valence-corrected chi connectivity index (χ0v) is 19.6. The van der Waals surface area contributed by atoms with Gasteiger partial charge in [0.25, 0.3) is 0 Å². The predicted molar refractivity (Wildman–Crippen MR) is 126 cm³/mol. The van der Waals surface area contributed by atoms with Crippen LogP contribution in [0.15, 0.2) is 99.6 Å². The Kier molecular flexibility index (Phi) is 8.74. The van der Waals surface area contributed by atoms with Crippen molar-refractivity contribution >= 4 is 38.8 Å². The summed E-state index contributed by atoms with van der Waals surface area (Å²) < 4.78 is 10.5. The van der Waals surface area contributed by atoms with Gasteiger partial charge in [-0.1, -0.05) is 52.3 Å². The summed E-state index contributed by atoms with van der Waals surface area (Å²) in [5.41, 5.74) is 0. The maximum Gasteiger partial charge on any atom is 0.319 e. The third kappa shape index (κ3) is 6.97. The molecule has 0 aliphatic heterocycles. The Balaban J connectivity index is 1.63. The number of ether oxygens (including phenoxy) is 2. The Labute approximate surface area is 194 Å². The molecule has 3 aromatic rings. The van der Waals surface area contributed by atoms with Crippen LogP contribution in [-0.4, -0.2) is 23.4 Å². The summed E-state index contributed by atoms with van der Waals surface area (Å²) in [5.74, 6) is -0.179. The minimum absolute atomic E-state index is 0.185. The Morgan fingerprint density at radius 1 is 0.839 bits per heavy atom. The number of carbonyl (C=O) groups excluding carboxylic acids is 2. The standard InChI is InChI=1S/C25H24BrO4S/c1-19(26)25(28)29-18-8-13-24(27)30-20-14-16-23(17-15-20)31(21-9-4-2-5-10-21)22-11-6-3-7-12-22/h2-7,9-12,14-17,19H,8,13,18H2,1H3/q+1. The lowest BCUT2D eigenvalue weighted by molar-refractivity contribution is -0.144. The number of benzene rings is 3. The number of rotatable bonds is 9. The molecule has 1 unspecified atom stereocenters. The Morgan fingerprint density at radius 2 is 1.35 bits per heavy atom. The molecule has 0 aliphatic carbocycles. The molecule has 0 aliphatic rings. The zero-order chi connectivity index (χ0) is 22.1. The summed E-state index contributed by atoms with van der Waals surface area (Å²) in [4.78, 5) is 26.7. The van der Waals surface area contributed by atoms with Gasteiger partial charge in [-0.3, -0.25) is 9.59 Å². The summed E-state index contributed by atoms with van der Waals surface area (Å²) >= 11 is 3.15. The number of alkyl halides is 1. The predicted octanol–water partition coefficient (Wildman–Crippen LogP) is 5.79. The fraction of sp³-hybridized carbons (Fsp3) is 0.200. The number of carbonyl (C=O) groups is 2. The topological polar surface area (TPSA) is 52.6 Å². The van der Waals surface area contributed by atoms with E-state index in [1.807, 2.05) is 60.7 Å². The van der Waals surface area contributed by atoms with Crippen molar-refractivity contribution in [2.75, 3.05) is 6.61 Å². The van der Waals surface area contributed by atoms with Crippen LogP contribution in [0.1, 0.15) is 19.8 Å². The normalized spacial score (nSPS) is 11.7. The lowest BCUT2D eigenvalue weighted by Crippen LogP contribution is -2.16. The van der Waals surface area contributed by atoms with Crippen LogP contribution in [-0.2, 0) is 25.2 Å². The van der Waals surface area contributed by atoms with E-state index in [1.54, 1.807) is 6.92 Å². The van der Waals surface area contributed by atoms with Crippen LogP contribution in [0.5, 0.6) is 5.75 Å². The maximum absolute atomic E-state index is 12.1. The van der Waals surface area contributed by atoms with Crippen LogP contribution >= 0.6 is 15.9 Å². The van der Waals surface area contributed by atoms with E-state index in [9.17, 15) is 9.59 Å². The smallest absolute Gasteiger partial charge is 0.319 e. The van der Waals surface area contributed by atoms with Gasteiger partial charge in [0.1, 0.15) is 10.6 Å². The van der Waals surface area contributed by atoms with Gasteiger partial charge in [-0.05, 0) is 61.9 Å². The van der Waals surface area contributed by atoms with Crippen molar-refractivity contribution in [3.8, 4) is 5.75 Å². The highest BCUT2D eigenvalue weighted by atomic mass is 79.9. The monoisotopic (exact) mass is 499 g/mol. The molecule has 3 aromatic carbocycles. The molecule has 0 aromatic heterocycles. The average Bonchev–Trinajstić information content (AvgIpc) is 2.79. The fourth-order valence-corrected chi connectivity index (χ4v) is 5.07. The molecular weight excluding hydrogens is 476 g/mol. The van der Waals surface area contributed by atoms with E-state index in [1.165, 1.54) is 9.79 Å². The molecule has 3 rings (SSSR count). The van der Waals surface area contributed by atoms with Crippen molar-refractivity contribution in [2.24, 2.45) is 0 Å². The van der Waals surface area contributed by atoms with E-state index in [0.29, 0.717) is 12.2 Å². The fourth-order valence-electron chi connectivity index (χ4n) is 2.85. The molecule has 160 valence electrons. The van der Waals surface area contributed by atoms with E-state index in [0.717, 1.165) is 4.90 Å². The van der Waals surface area contributed by atoms with E-state index in [-0.39, 0.29) is 40.7 Å². The van der Waals surface area contributed by atoms with Crippen molar-refractivity contribution in [3.63, 3.8) is 0 Å². The first-order valence-electron chi connectivity index (χ1n) is 10.0. The molecule has 0 spiro atoms. The first kappa shape index (κ1) is 23.1. The van der Waals surface area contributed by atoms with Gasteiger partial charge in [0.15, 0.2) is 14.7 Å². The maximum atomic E-state index is 12.1. The van der Waals surface area contributed by atoms with Crippen LogP contribution in [0.25, 0.3) is 0 Å². The molecule has 4 nitrogen and oxygen atoms in total. The molecule has 31 heavy (non-hydrogen) atoms. The number of hydrogen-bond acceptors (Lipinski definition) is 4. The van der Waals surface area contributed by atoms with Gasteiger partial charge < -0.3 is 9.47 Å². The summed E-state index contributed by atoms with van der Waals surface area (Å²) in [6, 6.07) is 28.4.